The summed E-state index contributed by atoms with van der Waals surface area (Å²) in [6.45, 7) is 2.09. The zero-order valence-corrected chi connectivity index (χ0v) is 13.7. The van der Waals surface area contributed by atoms with Gasteiger partial charge < -0.3 is 14.0 Å². The van der Waals surface area contributed by atoms with E-state index in [2.05, 4.69) is 35.9 Å². The molecule has 0 unspecified atom stereocenters. The van der Waals surface area contributed by atoms with Crippen LogP contribution in [0.4, 0.5) is 0 Å². The fraction of sp³-hybridized carbons (Fsp3) is 0.211. The lowest BCUT2D eigenvalue weighted by molar-refractivity contribution is 0.355. The summed E-state index contributed by atoms with van der Waals surface area (Å²) in [6, 6.07) is 10.4. The minimum absolute atomic E-state index is 0.718. The molecule has 0 saturated heterocycles. The number of methoxy groups -OCH3 is 2. The summed E-state index contributed by atoms with van der Waals surface area (Å²) < 4.78 is 13.0. The third kappa shape index (κ3) is 1.95. The van der Waals surface area contributed by atoms with Crippen molar-refractivity contribution in [3.8, 4) is 22.8 Å². The van der Waals surface area contributed by atoms with E-state index in [0.29, 0.717) is 0 Å². The van der Waals surface area contributed by atoms with E-state index in [4.69, 9.17) is 14.5 Å². The molecule has 0 aliphatic carbocycles. The quantitative estimate of drug-likeness (QED) is 0.558. The Morgan fingerprint density at radius 3 is 2.43 bits per heavy atom. The maximum Gasteiger partial charge on any atom is 0.162 e. The van der Waals surface area contributed by atoms with Crippen LogP contribution in [0.15, 0.2) is 36.5 Å². The summed E-state index contributed by atoms with van der Waals surface area (Å²) in [5.41, 5.74) is 5.46. The molecule has 2 aliphatic rings. The number of hydrogen-bond donors (Lipinski definition) is 0. The highest BCUT2D eigenvalue weighted by molar-refractivity contribution is 6.07. The predicted molar refractivity (Wildman–Crippen MR) is 92.7 cm³/mol. The maximum absolute atomic E-state index is 5.46. The van der Waals surface area contributed by atoms with Gasteiger partial charge in [0, 0.05) is 35.6 Å². The monoisotopic (exact) mass is 306 g/mol. The van der Waals surface area contributed by atoms with Crippen LogP contribution < -0.4 is 9.47 Å². The second-order valence-electron chi connectivity index (χ2n) is 5.86. The molecule has 0 bridgehead atoms. The molecular formula is C19H18N2O2. The van der Waals surface area contributed by atoms with Crippen LogP contribution in [0.2, 0.25) is 0 Å². The van der Waals surface area contributed by atoms with Crippen molar-refractivity contribution in [3.63, 3.8) is 0 Å². The van der Waals surface area contributed by atoms with Gasteiger partial charge in [0.1, 0.15) is 0 Å². The van der Waals surface area contributed by atoms with E-state index in [-0.39, 0.29) is 0 Å². The number of nitrogens with zero attached hydrogens (tertiary/aromatic N) is 2. The average molecular weight is 306 g/mol. The first-order valence-corrected chi connectivity index (χ1v) is 7.53. The van der Waals surface area contributed by atoms with Crippen LogP contribution in [-0.4, -0.2) is 23.8 Å². The third-order valence-corrected chi connectivity index (χ3v) is 4.39. The van der Waals surface area contributed by atoms with Gasteiger partial charge in [-0.15, -0.1) is 0 Å². The standard InChI is InChI=1S/C19H18N2O2/c1-11-5-6-12-14-10-21(2)16-9-18(23-4)17(22-3)8-13(16)19(14)20-15(12)7-11/h5-10H,1-4H3. The van der Waals surface area contributed by atoms with Crippen LogP contribution >= 0.6 is 0 Å². The highest BCUT2D eigenvalue weighted by Gasteiger charge is 2.19. The van der Waals surface area contributed by atoms with E-state index < -0.39 is 0 Å². The normalized spacial score (nSPS) is 11.5. The number of aryl methyl sites for hydroxylation is 2. The zero-order chi connectivity index (χ0) is 16.1. The Balaban J connectivity index is 2.17. The molecule has 0 saturated carbocycles. The van der Waals surface area contributed by atoms with E-state index in [1.165, 1.54) is 10.9 Å². The van der Waals surface area contributed by atoms with E-state index in [1.807, 2.05) is 19.2 Å². The van der Waals surface area contributed by atoms with E-state index in [9.17, 15) is 0 Å². The van der Waals surface area contributed by atoms with Crippen molar-refractivity contribution in [2.24, 2.45) is 7.05 Å². The zero-order valence-electron chi connectivity index (χ0n) is 13.7. The van der Waals surface area contributed by atoms with Gasteiger partial charge in [-0.1, -0.05) is 12.1 Å². The van der Waals surface area contributed by atoms with Crippen molar-refractivity contribution in [1.82, 2.24) is 9.55 Å². The molecule has 0 N–H and O–H groups in total. The molecule has 2 heterocycles. The van der Waals surface area contributed by atoms with Crippen LogP contribution in [0.1, 0.15) is 5.56 Å². The molecular weight excluding hydrogens is 288 g/mol. The number of ether oxygens (including phenoxy) is 2. The van der Waals surface area contributed by atoms with Gasteiger partial charge in [-0.25, -0.2) is 4.98 Å². The fourth-order valence-electron chi connectivity index (χ4n) is 3.22. The molecule has 116 valence electrons. The van der Waals surface area contributed by atoms with Crippen molar-refractivity contribution in [3.05, 3.63) is 42.1 Å². The molecule has 2 aromatic carbocycles. The van der Waals surface area contributed by atoms with Crippen molar-refractivity contribution in [2.75, 3.05) is 14.2 Å². The number of hydrogen-bond acceptors (Lipinski definition) is 3. The molecule has 0 amide bonds. The lowest BCUT2D eigenvalue weighted by atomic mass is 10.0. The van der Waals surface area contributed by atoms with Crippen LogP contribution in [0.5, 0.6) is 11.5 Å². The van der Waals surface area contributed by atoms with Crippen LogP contribution in [0.3, 0.4) is 0 Å². The van der Waals surface area contributed by atoms with Gasteiger partial charge >= 0.3 is 0 Å². The smallest absolute Gasteiger partial charge is 0.162 e. The van der Waals surface area contributed by atoms with Crippen LogP contribution in [0, 0.1) is 6.92 Å². The van der Waals surface area contributed by atoms with Gasteiger partial charge in [-0.05, 0) is 24.6 Å². The molecule has 2 aromatic rings. The van der Waals surface area contributed by atoms with Crippen molar-refractivity contribution >= 4 is 21.8 Å². The van der Waals surface area contributed by atoms with E-state index in [0.717, 1.165) is 39.2 Å². The number of fused-ring (bicyclic) bond motifs is 5. The Bertz CT molecular complexity index is 1020. The first-order chi connectivity index (χ1) is 11.1. The van der Waals surface area contributed by atoms with Gasteiger partial charge in [0.15, 0.2) is 11.5 Å². The largest absolute Gasteiger partial charge is 0.493 e. The molecule has 2 aliphatic heterocycles. The fourth-order valence-corrected chi connectivity index (χ4v) is 3.22. The number of pyridine rings is 1. The summed E-state index contributed by atoms with van der Waals surface area (Å²) in [4.78, 5) is 4.87. The van der Waals surface area contributed by atoms with E-state index in [1.54, 1.807) is 14.2 Å². The molecule has 23 heavy (non-hydrogen) atoms. The second-order valence-corrected chi connectivity index (χ2v) is 5.86. The summed E-state index contributed by atoms with van der Waals surface area (Å²) >= 11 is 0. The van der Waals surface area contributed by atoms with Crippen molar-refractivity contribution in [1.29, 1.82) is 0 Å². The van der Waals surface area contributed by atoms with Crippen molar-refractivity contribution in [2.45, 2.75) is 6.92 Å². The number of benzene rings is 2. The van der Waals surface area contributed by atoms with Gasteiger partial charge in [0.2, 0.25) is 0 Å². The van der Waals surface area contributed by atoms with Crippen LogP contribution in [0.25, 0.3) is 33.1 Å². The molecule has 4 heteroatoms. The van der Waals surface area contributed by atoms with Crippen molar-refractivity contribution < 1.29 is 9.47 Å². The maximum atomic E-state index is 5.46. The molecule has 0 atom stereocenters. The van der Waals surface area contributed by atoms with Gasteiger partial charge in [-0.3, -0.25) is 0 Å². The summed E-state index contributed by atoms with van der Waals surface area (Å²) in [5.74, 6) is 1.44. The molecule has 0 radical (unpaired) electrons. The Hall–Kier alpha value is -2.75. The summed E-state index contributed by atoms with van der Waals surface area (Å²) in [7, 11) is 5.35. The first kappa shape index (κ1) is 13.9. The topological polar surface area (TPSA) is 36.3 Å². The first-order valence-electron chi connectivity index (χ1n) is 7.53. The van der Waals surface area contributed by atoms with Crippen LogP contribution in [-0.2, 0) is 7.05 Å². The highest BCUT2D eigenvalue weighted by Crippen LogP contribution is 2.40. The van der Waals surface area contributed by atoms with Gasteiger partial charge in [0.25, 0.3) is 0 Å². The second kappa shape index (κ2) is 4.88. The lowest BCUT2D eigenvalue weighted by Crippen LogP contribution is -1.98. The third-order valence-electron chi connectivity index (χ3n) is 4.39. The molecule has 0 fully saturated rings. The molecule has 4 nitrogen and oxygen atoms in total. The number of aromatic nitrogens is 2. The predicted octanol–water partition coefficient (Wildman–Crippen LogP) is 4.16. The minimum atomic E-state index is 0.718. The Morgan fingerprint density at radius 1 is 0.957 bits per heavy atom. The SMILES string of the molecule is COc1cc2c3nc4cc(C)ccc4c-3cn(C)c2cc1OC. The number of rotatable bonds is 2. The molecule has 0 spiro atoms. The lowest BCUT2D eigenvalue weighted by Gasteiger charge is -2.14. The molecule has 4 rings (SSSR count). The Labute approximate surface area is 134 Å². The summed E-state index contributed by atoms with van der Waals surface area (Å²) in [6.07, 6.45) is 2.13. The molecule has 0 aromatic heterocycles. The minimum Gasteiger partial charge on any atom is -0.493 e. The van der Waals surface area contributed by atoms with E-state index >= 15 is 0 Å². The highest BCUT2D eigenvalue weighted by atomic mass is 16.5. The Morgan fingerprint density at radius 2 is 1.70 bits per heavy atom. The van der Waals surface area contributed by atoms with Gasteiger partial charge in [-0.2, -0.15) is 0 Å². The van der Waals surface area contributed by atoms with Gasteiger partial charge in [0.05, 0.1) is 30.9 Å². The average Bonchev–Trinajstić information content (AvgIpc) is 2.91. The summed E-state index contributed by atoms with van der Waals surface area (Å²) in [5, 5.41) is 2.24. The Kier molecular flexibility index (Phi) is 2.94.